The molecule has 1 fully saturated rings. The predicted octanol–water partition coefficient (Wildman–Crippen LogP) is 4.06. The zero-order valence-corrected chi connectivity index (χ0v) is 13.9. The normalized spacial score (nSPS) is 16.9. The van der Waals surface area contributed by atoms with Gasteiger partial charge in [0.1, 0.15) is 5.82 Å². The lowest BCUT2D eigenvalue weighted by atomic mass is 9.87. The minimum Gasteiger partial charge on any atom is -0.388 e. The molecule has 0 saturated carbocycles. The number of benzene rings is 2. The molecule has 3 nitrogen and oxygen atoms in total. The van der Waals surface area contributed by atoms with E-state index >= 15 is 0 Å². The van der Waals surface area contributed by atoms with Crippen LogP contribution >= 0.6 is 11.6 Å². The van der Waals surface area contributed by atoms with E-state index in [9.17, 15) is 14.3 Å². The van der Waals surface area contributed by atoms with Gasteiger partial charge in [-0.1, -0.05) is 41.9 Å². The smallest absolute Gasteiger partial charge is 0.256 e. The van der Waals surface area contributed by atoms with E-state index < -0.39 is 11.9 Å². The summed E-state index contributed by atoms with van der Waals surface area (Å²) in [6, 6.07) is 13.5. The average molecular weight is 348 g/mol. The summed E-state index contributed by atoms with van der Waals surface area (Å²) in [6.45, 7) is 0.999. The monoisotopic (exact) mass is 347 g/mol. The Kier molecular flexibility index (Phi) is 5.17. The Balaban J connectivity index is 1.64. The van der Waals surface area contributed by atoms with Crippen LogP contribution in [-0.4, -0.2) is 29.0 Å². The lowest BCUT2D eigenvalue weighted by molar-refractivity contribution is 0.0459. The van der Waals surface area contributed by atoms with E-state index in [1.165, 1.54) is 18.2 Å². The number of carbonyl (C=O) groups is 1. The maximum atomic E-state index is 13.9. The molecule has 1 saturated heterocycles. The van der Waals surface area contributed by atoms with Crippen LogP contribution < -0.4 is 0 Å². The zero-order chi connectivity index (χ0) is 17.1. The summed E-state index contributed by atoms with van der Waals surface area (Å²) >= 11 is 5.86. The highest BCUT2D eigenvalue weighted by molar-refractivity contribution is 6.31. The lowest BCUT2D eigenvalue weighted by Crippen LogP contribution is -2.40. The summed E-state index contributed by atoms with van der Waals surface area (Å²) in [6.07, 6.45) is 0.833. The van der Waals surface area contributed by atoms with Crippen molar-refractivity contribution in [1.82, 2.24) is 4.90 Å². The molecule has 126 valence electrons. The maximum Gasteiger partial charge on any atom is 0.256 e. The standard InChI is InChI=1S/C19H19ClFNO2/c20-15-6-7-17(21)16(12-15)19(24)22-10-8-14(9-11-22)18(23)13-4-2-1-3-5-13/h1-7,12,14,18,23H,8-11H2. The first-order valence-electron chi connectivity index (χ1n) is 8.03. The fourth-order valence-corrected chi connectivity index (χ4v) is 3.34. The molecule has 1 unspecified atom stereocenters. The van der Waals surface area contributed by atoms with E-state index in [2.05, 4.69) is 0 Å². The Bertz CT molecular complexity index is 715. The van der Waals surface area contributed by atoms with Crippen LogP contribution in [0.15, 0.2) is 48.5 Å². The molecule has 24 heavy (non-hydrogen) atoms. The van der Waals surface area contributed by atoms with Crippen LogP contribution in [0.2, 0.25) is 5.02 Å². The number of aliphatic hydroxyl groups is 1. The predicted molar refractivity (Wildman–Crippen MR) is 91.4 cm³/mol. The largest absolute Gasteiger partial charge is 0.388 e. The van der Waals surface area contributed by atoms with Crippen molar-refractivity contribution in [2.24, 2.45) is 5.92 Å². The van der Waals surface area contributed by atoms with E-state index in [4.69, 9.17) is 11.6 Å². The highest BCUT2D eigenvalue weighted by Gasteiger charge is 2.29. The molecule has 0 aromatic heterocycles. The highest BCUT2D eigenvalue weighted by Crippen LogP contribution is 2.31. The molecule has 2 aromatic carbocycles. The molecule has 3 rings (SSSR count). The van der Waals surface area contributed by atoms with Crippen molar-refractivity contribution in [1.29, 1.82) is 0 Å². The SMILES string of the molecule is O=C(c1cc(Cl)ccc1F)N1CCC(C(O)c2ccccc2)CC1. The number of hydrogen-bond acceptors (Lipinski definition) is 2. The summed E-state index contributed by atoms with van der Waals surface area (Å²) in [7, 11) is 0. The minimum absolute atomic E-state index is 0.00422. The summed E-state index contributed by atoms with van der Waals surface area (Å²) in [4.78, 5) is 14.1. The second-order valence-electron chi connectivity index (χ2n) is 6.11. The van der Waals surface area contributed by atoms with Gasteiger partial charge in [0.05, 0.1) is 11.7 Å². The van der Waals surface area contributed by atoms with Crippen LogP contribution in [0.5, 0.6) is 0 Å². The number of piperidine rings is 1. The van der Waals surface area contributed by atoms with Crippen molar-refractivity contribution in [2.45, 2.75) is 18.9 Å². The van der Waals surface area contributed by atoms with E-state index in [1.807, 2.05) is 30.3 Å². The van der Waals surface area contributed by atoms with E-state index in [1.54, 1.807) is 4.90 Å². The van der Waals surface area contributed by atoms with Gasteiger partial charge in [0.2, 0.25) is 0 Å². The van der Waals surface area contributed by atoms with Crippen LogP contribution in [0, 0.1) is 11.7 Å². The zero-order valence-electron chi connectivity index (χ0n) is 13.2. The summed E-state index contributed by atoms with van der Waals surface area (Å²) in [5.74, 6) is -0.806. The Morgan fingerprint density at radius 2 is 1.83 bits per heavy atom. The second-order valence-corrected chi connectivity index (χ2v) is 6.55. The van der Waals surface area contributed by atoms with Gasteiger partial charge in [-0.05, 0) is 42.5 Å². The maximum absolute atomic E-state index is 13.9. The molecule has 0 radical (unpaired) electrons. The summed E-state index contributed by atoms with van der Waals surface area (Å²) in [5.41, 5.74) is 0.896. The fourth-order valence-electron chi connectivity index (χ4n) is 3.17. The van der Waals surface area contributed by atoms with Gasteiger partial charge in [-0.3, -0.25) is 4.79 Å². The number of amides is 1. The number of nitrogens with zero attached hydrogens (tertiary/aromatic N) is 1. The van der Waals surface area contributed by atoms with Gasteiger partial charge in [-0.25, -0.2) is 4.39 Å². The number of carbonyl (C=O) groups excluding carboxylic acids is 1. The van der Waals surface area contributed by atoms with Crippen molar-refractivity contribution < 1.29 is 14.3 Å². The Labute approximate surface area is 145 Å². The highest BCUT2D eigenvalue weighted by atomic mass is 35.5. The number of rotatable bonds is 3. The summed E-state index contributed by atoms with van der Waals surface area (Å²) < 4.78 is 13.9. The Morgan fingerprint density at radius 1 is 1.17 bits per heavy atom. The third-order valence-electron chi connectivity index (χ3n) is 4.57. The number of hydrogen-bond donors (Lipinski definition) is 1. The van der Waals surface area contributed by atoms with Crippen LogP contribution in [0.1, 0.15) is 34.9 Å². The molecule has 1 atom stereocenters. The van der Waals surface area contributed by atoms with E-state index in [0.29, 0.717) is 31.0 Å². The van der Waals surface area contributed by atoms with Gasteiger partial charge in [-0.2, -0.15) is 0 Å². The topological polar surface area (TPSA) is 40.5 Å². The molecule has 5 heteroatoms. The molecule has 0 spiro atoms. The number of halogens is 2. The third-order valence-corrected chi connectivity index (χ3v) is 4.81. The van der Waals surface area contributed by atoms with Crippen LogP contribution in [0.4, 0.5) is 4.39 Å². The van der Waals surface area contributed by atoms with Crippen molar-refractivity contribution >= 4 is 17.5 Å². The van der Waals surface area contributed by atoms with Crippen molar-refractivity contribution in [3.8, 4) is 0 Å². The number of aliphatic hydroxyl groups excluding tert-OH is 1. The minimum atomic E-state index is -0.559. The van der Waals surface area contributed by atoms with Crippen LogP contribution in [-0.2, 0) is 0 Å². The first-order chi connectivity index (χ1) is 11.6. The van der Waals surface area contributed by atoms with Crippen molar-refractivity contribution in [2.75, 3.05) is 13.1 Å². The van der Waals surface area contributed by atoms with Crippen LogP contribution in [0.3, 0.4) is 0 Å². The molecule has 1 aliphatic heterocycles. The molecule has 1 N–H and O–H groups in total. The summed E-state index contributed by atoms with van der Waals surface area (Å²) in [5, 5.41) is 10.8. The average Bonchev–Trinajstić information content (AvgIpc) is 2.63. The molecule has 0 aliphatic carbocycles. The molecule has 0 bridgehead atoms. The first-order valence-corrected chi connectivity index (χ1v) is 8.41. The fraction of sp³-hybridized carbons (Fsp3) is 0.316. The second kappa shape index (κ2) is 7.32. The quantitative estimate of drug-likeness (QED) is 0.909. The van der Waals surface area contributed by atoms with Crippen molar-refractivity contribution in [3.63, 3.8) is 0 Å². The first kappa shape index (κ1) is 16.9. The van der Waals surface area contributed by atoms with Gasteiger partial charge in [-0.15, -0.1) is 0 Å². The van der Waals surface area contributed by atoms with Crippen molar-refractivity contribution in [3.05, 3.63) is 70.5 Å². The molecular formula is C19H19ClFNO2. The third kappa shape index (κ3) is 3.60. The molecular weight excluding hydrogens is 329 g/mol. The van der Waals surface area contributed by atoms with E-state index in [-0.39, 0.29) is 17.4 Å². The van der Waals surface area contributed by atoms with Gasteiger partial charge < -0.3 is 10.0 Å². The van der Waals surface area contributed by atoms with Crippen LogP contribution in [0.25, 0.3) is 0 Å². The Morgan fingerprint density at radius 3 is 2.50 bits per heavy atom. The van der Waals surface area contributed by atoms with E-state index in [0.717, 1.165) is 5.56 Å². The Hall–Kier alpha value is -1.91. The molecule has 1 heterocycles. The molecule has 2 aromatic rings. The van der Waals surface area contributed by atoms with Gasteiger partial charge in [0.15, 0.2) is 0 Å². The van der Waals surface area contributed by atoms with Gasteiger partial charge >= 0.3 is 0 Å². The van der Waals surface area contributed by atoms with Gasteiger partial charge in [0, 0.05) is 18.1 Å². The number of likely N-dealkylation sites (tertiary alicyclic amines) is 1. The lowest BCUT2D eigenvalue weighted by Gasteiger charge is -2.34. The van der Waals surface area contributed by atoms with Gasteiger partial charge in [0.25, 0.3) is 5.91 Å². The molecule has 1 aliphatic rings. The molecule has 1 amide bonds.